The molecule has 0 amide bonds. The molecule has 7 atom stereocenters. The van der Waals surface area contributed by atoms with Crippen molar-refractivity contribution in [1.82, 2.24) is 0 Å². The lowest BCUT2D eigenvalue weighted by Gasteiger charge is -2.62. The van der Waals surface area contributed by atoms with Gasteiger partial charge in [-0.1, -0.05) is 77.7 Å². The first kappa shape index (κ1) is 28.9. The van der Waals surface area contributed by atoms with Gasteiger partial charge in [-0.25, -0.2) is 0 Å². The summed E-state index contributed by atoms with van der Waals surface area (Å²) in [5, 5.41) is 0. The molecule has 37 heavy (non-hydrogen) atoms. The standard InChI is InChI=1S/C35H58O2/c1-10-11-15-31(36)37-30-20-21-33(7)27-19-23-34(8)26(25(4)14-12-13-24(2)3)18-22-35(34,9)28(27)16-17-29(33)32(30,5)6/h13,25-26,29-30H,10-12,14-23H2,1-9H3/t25-,26-,29?,30?,33-,34+,35+/m1/s1. The Morgan fingerprint density at radius 3 is 2.41 bits per heavy atom. The van der Waals surface area contributed by atoms with Crippen LogP contribution in [0.3, 0.4) is 0 Å². The molecule has 0 aromatic carbocycles. The minimum atomic E-state index is 0.0240. The first-order valence-electron chi connectivity index (χ1n) is 15.9. The summed E-state index contributed by atoms with van der Waals surface area (Å²) < 4.78 is 6.17. The minimum Gasteiger partial charge on any atom is -0.462 e. The van der Waals surface area contributed by atoms with Crippen molar-refractivity contribution in [3.63, 3.8) is 0 Å². The van der Waals surface area contributed by atoms with Crippen LogP contribution in [0.2, 0.25) is 0 Å². The van der Waals surface area contributed by atoms with Crippen molar-refractivity contribution in [2.75, 3.05) is 0 Å². The van der Waals surface area contributed by atoms with E-state index in [2.05, 4.69) is 68.4 Å². The Labute approximate surface area is 229 Å². The van der Waals surface area contributed by atoms with E-state index in [1.54, 1.807) is 0 Å². The second-order valence-electron chi connectivity index (χ2n) is 15.1. The normalized spacial score (nSPS) is 39.3. The van der Waals surface area contributed by atoms with Gasteiger partial charge in [0.1, 0.15) is 6.10 Å². The van der Waals surface area contributed by atoms with Crippen LogP contribution in [-0.4, -0.2) is 12.1 Å². The van der Waals surface area contributed by atoms with Crippen molar-refractivity contribution < 1.29 is 9.53 Å². The van der Waals surface area contributed by atoms with Crippen LogP contribution < -0.4 is 0 Å². The number of carbonyl (C=O) groups is 1. The lowest BCUT2D eigenvalue weighted by Crippen LogP contribution is -2.55. The fraction of sp³-hybridized carbons (Fsp3) is 0.857. The van der Waals surface area contributed by atoms with Crippen LogP contribution in [0.15, 0.2) is 22.8 Å². The van der Waals surface area contributed by atoms with Crippen molar-refractivity contribution in [2.24, 2.45) is 39.4 Å². The number of fused-ring (bicyclic) bond motifs is 4. The third kappa shape index (κ3) is 4.80. The number of ether oxygens (including phenoxy) is 1. The van der Waals surface area contributed by atoms with E-state index in [9.17, 15) is 4.79 Å². The van der Waals surface area contributed by atoms with Crippen molar-refractivity contribution in [3.05, 3.63) is 22.8 Å². The Hall–Kier alpha value is -1.05. The molecule has 210 valence electrons. The quantitative estimate of drug-likeness (QED) is 0.240. The summed E-state index contributed by atoms with van der Waals surface area (Å²) in [7, 11) is 0. The molecule has 2 fully saturated rings. The van der Waals surface area contributed by atoms with E-state index in [1.807, 2.05) is 11.1 Å². The molecule has 4 aliphatic rings. The van der Waals surface area contributed by atoms with E-state index < -0.39 is 0 Å². The van der Waals surface area contributed by atoms with Gasteiger partial charge in [-0.05, 0) is 118 Å². The second-order valence-corrected chi connectivity index (χ2v) is 15.1. The van der Waals surface area contributed by atoms with Crippen molar-refractivity contribution in [1.29, 1.82) is 0 Å². The predicted molar refractivity (Wildman–Crippen MR) is 156 cm³/mol. The highest BCUT2D eigenvalue weighted by Crippen LogP contribution is 2.72. The Kier molecular flexibility index (Phi) is 8.21. The number of hydrogen-bond donors (Lipinski definition) is 0. The van der Waals surface area contributed by atoms with E-state index >= 15 is 0 Å². The van der Waals surface area contributed by atoms with Crippen LogP contribution in [-0.2, 0) is 9.53 Å². The Morgan fingerprint density at radius 2 is 1.73 bits per heavy atom. The Bertz CT molecular complexity index is 920. The molecular formula is C35H58O2. The molecule has 0 heterocycles. The molecule has 2 nitrogen and oxygen atoms in total. The third-order valence-electron chi connectivity index (χ3n) is 12.6. The van der Waals surface area contributed by atoms with Gasteiger partial charge in [0.2, 0.25) is 0 Å². The van der Waals surface area contributed by atoms with E-state index in [0.29, 0.717) is 23.2 Å². The zero-order valence-corrected chi connectivity index (χ0v) is 25.9. The van der Waals surface area contributed by atoms with E-state index in [4.69, 9.17) is 4.74 Å². The van der Waals surface area contributed by atoms with Crippen molar-refractivity contribution >= 4 is 5.97 Å². The highest BCUT2D eigenvalue weighted by atomic mass is 16.5. The summed E-state index contributed by atoms with van der Waals surface area (Å²) in [4.78, 5) is 12.6. The number of rotatable bonds is 8. The lowest BCUT2D eigenvalue weighted by molar-refractivity contribution is -0.169. The molecule has 4 aliphatic carbocycles. The zero-order chi connectivity index (χ0) is 27.2. The van der Waals surface area contributed by atoms with Gasteiger partial charge < -0.3 is 4.74 Å². The van der Waals surface area contributed by atoms with Gasteiger partial charge in [0.15, 0.2) is 0 Å². The summed E-state index contributed by atoms with van der Waals surface area (Å²) in [6.45, 7) is 21.9. The third-order valence-corrected chi connectivity index (χ3v) is 12.6. The fourth-order valence-electron chi connectivity index (χ4n) is 10.2. The van der Waals surface area contributed by atoms with Gasteiger partial charge in [-0.2, -0.15) is 0 Å². The molecule has 4 rings (SSSR count). The average molecular weight is 511 g/mol. The van der Waals surface area contributed by atoms with Gasteiger partial charge >= 0.3 is 5.97 Å². The highest BCUT2D eigenvalue weighted by Gasteiger charge is 2.63. The first-order valence-corrected chi connectivity index (χ1v) is 15.9. The van der Waals surface area contributed by atoms with Crippen LogP contribution in [0.1, 0.15) is 146 Å². The molecule has 2 unspecified atom stereocenters. The molecule has 0 aliphatic heterocycles. The molecule has 0 spiro atoms. The maximum atomic E-state index is 12.6. The summed E-state index contributed by atoms with van der Waals surface area (Å²) in [6, 6.07) is 0. The van der Waals surface area contributed by atoms with Crippen molar-refractivity contribution in [2.45, 2.75) is 152 Å². The lowest BCUT2D eigenvalue weighted by atomic mass is 9.43. The SMILES string of the molecule is CCCCC(=O)OC1CC[C@]2(C)C3=C(CCC2C1(C)C)[C@]1(C)CC[C@H]([C@H](C)CCC=C(C)C)[C@]1(C)CC3. The largest absolute Gasteiger partial charge is 0.462 e. The summed E-state index contributed by atoms with van der Waals surface area (Å²) in [6.07, 6.45) is 17.8. The van der Waals surface area contributed by atoms with E-state index in [-0.39, 0.29) is 22.9 Å². The van der Waals surface area contributed by atoms with Crippen LogP contribution in [0, 0.1) is 39.4 Å². The fourth-order valence-corrected chi connectivity index (χ4v) is 10.2. The number of unbranched alkanes of at least 4 members (excludes halogenated alkanes) is 1. The van der Waals surface area contributed by atoms with Crippen LogP contribution >= 0.6 is 0 Å². The predicted octanol–water partition coefficient (Wildman–Crippen LogP) is 10.2. The molecule has 0 N–H and O–H groups in total. The zero-order valence-electron chi connectivity index (χ0n) is 25.9. The smallest absolute Gasteiger partial charge is 0.306 e. The average Bonchev–Trinajstić information content (AvgIpc) is 3.10. The summed E-state index contributed by atoms with van der Waals surface area (Å²) >= 11 is 0. The number of esters is 1. The number of allylic oxidation sites excluding steroid dienone is 4. The highest BCUT2D eigenvalue weighted by molar-refractivity contribution is 5.69. The molecule has 2 saturated carbocycles. The van der Waals surface area contributed by atoms with Gasteiger partial charge in [0, 0.05) is 11.8 Å². The summed E-state index contributed by atoms with van der Waals surface area (Å²) in [5.41, 5.74) is 6.26. The summed E-state index contributed by atoms with van der Waals surface area (Å²) in [5.74, 6) is 2.27. The first-order chi connectivity index (χ1) is 17.3. The number of carbonyl (C=O) groups excluding carboxylic acids is 1. The maximum absolute atomic E-state index is 12.6. The Morgan fingerprint density at radius 1 is 1.00 bits per heavy atom. The van der Waals surface area contributed by atoms with Gasteiger partial charge in [0.05, 0.1) is 0 Å². The van der Waals surface area contributed by atoms with Crippen LogP contribution in [0.5, 0.6) is 0 Å². The van der Waals surface area contributed by atoms with Crippen LogP contribution in [0.25, 0.3) is 0 Å². The van der Waals surface area contributed by atoms with E-state index in [0.717, 1.165) is 31.1 Å². The molecule has 2 heteroatoms. The Balaban J connectivity index is 1.57. The van der Waals surface area contributed by atoms with E-state index in [1.165, 1.54) is 63.4 Å². The molecule has 0 aromatic heterocycles. The van der Waals surface area contributed by atoms with Crippen molar-refractivity contribution in [3.8, 4) is 0 Å². The van der Waals surface area contributed by atoms with Crippen LogP contribution in [0.4, 0.5) is 0 Å². The van der Waals surface area contributed by atoms with Gasteiger partial charge in [-0.15, -0.1) is 0 Å². The molecule has 0 bridgehead atoms. The topological polar surface area (TPSA) is 26.3 Å². The molecular weight excluding hydrogens is 452 g/mol. The monoisotopic (exact) mass is 510 g/mol. The van der Waals surface area contributed by atoms with Gasteiger partial charge in [0.25, 0.3) is 0 Å². The second kappa shape index (κ2) is 10.5. The molecule has 0 saturated heterocycles. The molecule has 0 radical (unpaired) electrons. The van der Waals surface area contributed by atoms with Gasteiger partial charge in [-0.3, -0.25) is 4.79 Å². The molecule has 0 aromatic rings. The maximum Gasteiger partial charge on any atom is 0.306 e. The number of hydrogen-bond acceptors (Lipinski definition) is 2. The minimum absolute atomic E-state index is 0.0240.